The van der Waals surface area contributed by atoms with Crippen LogP contribution in [-0.2, 0) is 0 Å². The van der Waals surface area contributed by atoms with Crippen molar-refractivity contribution in [1.82, 2.24) is 0 Å². The molecule has 0 aliphatic carbocycles. The van der Waals surface area contributed by atoms with Gasteiger partial charge in [-0.05, 0) is 18.6 Å². The number of hydrogen-bond donors (Lipinski definition) is 3. The number of benzene rings is 1. The van der Waals surface area contributed by atoms with Gasteiger partial charge in [-0.2, -0.15) is 0 Å². The SMILES string of the molecule is CC[C@@H](N)[C@H](O)c1ccc(N)cc1F. The van der Waals surface area contributed by atoms with Crippen LogP contribution in [0.2, 0.25) is 0 Å². The quantitative estimate of drug-likeness (QED) is 0.638. The highest BCUT2D eigenvalue weighted by Gasteiger charge is 2.18. The molecule has 4 heteroatoms. The van der Waals surface area contributed by atoms with E-state index in [0.29, 0.717) is 12.1 Å². The Morgan fingerprint density at radius 1 is 1.50 bits per heavy atom. The van der Waals surface area contributed by atoms with E-state index in [1.807, 2.05) is 6.92 Å². The lowest BCUT2D eigenvalue weighted by Gasteiger charge is -2.18. The smallest absolute Gasteiger partial charge is 0.131 e. The van der Waals surface area contributed by atoms with E-state index in [4.69, 9.17) is 11.5 Å². The zero-order valence-corrected chi connectivity index (χ0v) is 8.07. The van der Waals surface area contributed by atoms with Crippen LogP contribution in [-0.4, -0.2) is 11.1 Å². The van der Waals surface area contributed by atoms with Gasteiger partial charge in [0.1, 0.15) is 5.82 Å². The van der Waals surface area contributed by atoms with Gasteiger partial charge in [0.05, 0.1) is 6.10 Å². The Labute approximate surface area is 82.5 Å². The molecule has 0 fully saturated rings. The molecular weight excluding hydrogens is 183 g/mol. The van der Waals surface area contributed by atoms with E-state index in [2.05, 4.69) is 0 Å². The lowest BCUT2D eigenvalue weighted by atomic mass is 10.0. The molecule has 1 rings (SSSR count). The van der Waals surface area contributed by atoms with Gasteiger partial charge in [0.2, 0.25) is 0 Å². The number of rotatable bonds is 3. The summed E-state index contributed by atoms with van der Waals surface area (Å²) in [6.45, 7) is 1.84. The minimum Gasteiger partial charge on any atom is -0.399 e. The summed E-state index contributed by atoms with van der Waals surface area (Å²) in [5, 5.41) is 9.65. The highest BCUT2D eigenvalue weighted by molar-refractivity contribution is 5.41. The van der Waals surface area contributed by atoms with E-state index in [1.165, 1.54) is 12.1 Å². The minimum atomic E-state index is -0.972. The highest BCUT2D eigenvalue weighted by Crippen LogP contribution is 2.22. The molecule has 0 amide bonds. The van der Waals surface area contributed by atoms with Crippen molar-refractivity contribution in [2.75, 3.05) is 5.73 Å². The molecule has 0 aromatic heterocycles. The van der Waals surface area contributed by atoms with Crippen LogP contribution in [0.15, 0.2) is 18.2 Å². The molecule has 0 unspecified atom stereocenters. The first-order valence-corrected chi connectivity index (χ1v) is 4.54. The fourth-order valence-electron chi connectivity index (χ4n) is 1.24. The molecule has 1 aromatic rings. The Balaban J connectivity index is 2.95. The van der Waals surface area contributed by atoms with Crippen LogP contribution in [0.3, 0.4) is 0 Å². The second-order valence-corrected chi connectivity index (χ2v) is 3.30. The van der Waals surface area contributed by atoms with Gasteiger partial charge in [-0.1, -0.05) is 13.0 Å². The molecule has 0 spiro atoms. The average Bonchev–Trinajstić information content (AvgIpc) is 2.15. The second-order valence-electron chi connectivity index (χ2n) is 3.30. The van der Waals surface area contributed by atoms with Crippen LogP contribution in [0.1, 0.15) is 25.0 Å². The monoisotopic (exact) mass is 198 g/mol. The highest BCUT2D eigenvalue weighted by atomic mass is 19.1. The lowest BCUT2D eigenvalue weighted by Crippen LogP contribution is -2.28. The Morgan fingerprint density at radius 2 is 2.14 bits per heavy atom. The average molecular weight is 198 g/mol. The fraction of sp³-hybridized carbons (Fsp3) is 0.400. The molecule has 0 saturated carbocycles. The third-order valence-electron chi connectivity index (χ3n) is 2.22. The second kappa shape index (κ2) is 4.39. The standard InChI is InChI=1S/C10H15FN2O/c1-2-9(13)10(14)7-4-3-6(12)5-8(7)11/h3-5,9-10,14H,2,12-13H2,1H3/t9-,10-/m1/s1. The normalized spacial score (nSPS) is 15.1. The number of nitrogens with two attached hydrogens (primary N) is 2. The van der Waals surface area contributed by atoms with Crippen molar-refractivity contribution in [3.05, 3.63) is 29.6 Å². The first kappa shape index (κ1) is 10.9. The molecule has 78 valence electrons. The van der Waals surface area contributed by atoms with Crippen molar-refractivity contribution in [2.24, 2.45) is 5.73 Å². The van der Waals surface area contributed by atoms with Gasteiger partial charge in [-0.15, -0.1) is 0 Å². The van der Waals surface area contributed by atoms with Crippen molar-refractivity contribution in [3.63, 3.8) is 0 Å². The van der Waals surface area contributed by atoms with Gasteiger partial charge in [0.15, 0.2) is 0 Å². The van der Waals surface area contributed by atoms with Crippen LogP contribution < -0.4 is 11.5 Å². The summed E-state index contributed by atoms with van der Waals surface area (Å²) in [7, 11) is 0. The maximum atomic E-state index is 13.3. The molecule has 14 heavy (non-hydrogen) atoms. The van der Waals surface area contributed by atoms with Gasteiger partial charge < -0.3 is 16.6 Å². The number of anilines is 1. The van der Waals surface area contributed by atoms with Crippen molar-refractivity contribution in [3.8, 4) is 0 Å². The molecule has 3 nitrogen and oxygen atoms in total. The largest absolute Gasteiger partial charge is 0.399 e. The predicted octanol–water partition coefficient (Wildman–Crippen LogP) is 1.18. The Hall–Kier alpha value is -1.13. The van der Waals surface area contributed by atoms with Gasteiger partial charge in [0.25, 0.3) is 0 Å². The van der Waals surface area contributed by atoms with Gasteiger partial charge >= 0.3 is 0 Å². The van der Waals surface area contributed by atoms with Crippen LogP contribution in [0.25, 0.3) is 0 Å². The van der Waals surface area contributed by atoms with Crippen LogP contribution in [0, 0.1) is 5.82 Å². The first-order valence-electron chi connectivity index (χ1n) is 4.54. The van der Waals surface area contributed by atoms with Gasteiger partial charge in [0, 0.05) is 17.3 Å². The van der Waals surface area contributed by atoms with Crippen molar-refractivity contribution in [2.45, 2.75) is 25.5 Å². The third-order valence-corrected chi connectivity index (χ3v) is 2.22. The van der Waals surface area contributed by atoms with Crippen LogP contribution in [0.5, 0.6) is 0 Å². The summed E-state index contributed by atoms with van der Waals surface area (Å²) in [4.78, 5) is 0. The number of nitrogen functional groups attached to an aromatic ring is 1. The molecule has 0 saturated heterocycles. The van der Waals surface area contributed by atoms with E-state index in [9.17, 15) is 9.50 Å². The van der Waals surface area contributed by atoms with Crippen molar-refractivity contribution in [1.29, 1.82) is 0 Å². The van der Waals surface area contributed by atoms with Crippen molar-refractivity contribution >= 4 is 5.69 Å². The number of aliphatic hydroxyl groups is 1. The molecule has 2 atom stereocenters. The summed E-state index contributed by atoms with van der Waals surface area (Å²) < 4.78 is 13.3. The number of hydrogen-bond acceptors (Lipinski definition) is 3. The zero-order chi connectivity index (χ0) is 10.7. The maximum absolute atomic E-state index is 13.3. The van der Waals surface area contributed by atoms with Gasteiger partial charge in [-0.3, -0.25) is 0 Å². The molecule has 0 bridgehead atoms. The Bertz CT molecular complexity index is 317. The van der Waals surface area contributed by atoms with Crippen LogP contribution in [0.4, 0.5) is 10.1 Å². The summed E-state index contributed by atoms with van der Waals surface area (Å²) in [5.41, 5.74) is 11.5. The summed E-state index contributed by atoms with van der Waals surface area (Å²) >= 11 is 0. The minimum absolute atomic E-state index is 0.202. The molecule has 0 radical (unpaired) electrons. The molecule has 5 N–H and O–H groups in total. The third kappa shape index (κ3) is 2.21. The Kier molecular flexibility index (Phi) is 3.43. The van der Waals surface area contributed by atoms with Crippen molar-refractivity contribution < 1.29 is 9.50 Å². The summed E-state index contributed by atoms with van der Waals surface area (Å²) in [5.74, 6) is -0.513. The van der Waals surface area contributed by atoms with Crippen LogP contribution >= 0.6 is 0 Å². The first-order chi connectivity index (χ1) is 6.56. The topological polar surface area (TPSA) is 72.3 Å². The van der Waals surface area contributed by atoms with Gasteiger partial charge in [-0.25, -0.2) is 4.39 Å². The zero-order valence-electron chi connectivity index (χ0n) is 8.07. The summed E-state index contributed by atoms with van der Waals surface area (Å²) in [6, 6.07) is 3.74. The van der Waals surface area contributed by atoms with E-state index in [0.717, 1.165) is 0 Å². The van der Waals surface area contributed by atoms with E-state index in [-0.39, 0.29) is 5.56 Å². The molecule has 0 aliphatic heterocycles. The van der Waals surface area contributed by atoms with E-state index < -0.39 is 18.0 Å². The molecule has 1 aromatic carbocycles. The number of aliphatic hydroxyl groups excluding tert-OH is 1. The Morgan fingerprint density at radius 3 is 2.64 bits per heavy atom. The summed E-state index contributed by atoms with van der Waals surface area (Å²) in [6.07, 6.45) is -0.383. The fourth-order valence-corrected chi connectivity index (χ4v) is 1.24. The number of halogens is 1. The van der Waals surface area contributed by atoms with E-state index in [1.54, 1.807) is 6.07 Å². The molecule has 0 heterocycles. The van der Waals surface area contributed by atoms with E-state index >= 15 is 0 Å². The lowest BCUT2D eigenvalue weighted by molar-refractivity contribution is 0.140. The maximum Gasteiger partial charge on any atom is 0.131 e. The predicted molar refractivity (Wildman–Crippen MR) is 54.0 cm³/mol. The molecular formula is C10H15FN2O. The molecule has 0 aliphatic rings.